The number of aromatic nitrogens is 1. The lowest BCUT2D eigenvalue weighted by Gasteiger charge is -2.44. The largest absolute Gasteiger partial charge is 0.544 e. The number of fused-ring (bicyclic) bond motifs is 3. The van der Waals surface area contributed by atoms with Gasteiger partial charge in [0.2, 0.25) is 12.4 Å². The van der Waals surface area contributed by atoms with Crippen molar-refractivity contribution in [1.82, 2.24) is 10.2 Å². The highest BCUT2D eigenvalue weighted by Gasteiger charge is 2.38. The molecule has 14 heteroatoms. The van der Waals surface area contributed by atoms with Crippen molar-refractivity contribution in [1.29, 1.82) is 0 Å². The molecular formula is C36H36Cl2FN3O7S. The highest BCUT2D eigenvalue weighted by Crippen LogP contribution is 2.41. The van der Waals surface area contributed by atoms with E-state index in [9.17, 15) is 24.3 Å². The van der Waals surface area contributed by atoms with Gasteiger partial charge in [-0.25, -0.2) is 9.18 Å². The molecule has 3 aliphatic rings. The minimum atomic E-state index is -1.39. The lowest BCUT2D eigenvalue weighted by Crippen LogP contribution is -2.52. The Morgan fingerprint density at radius 3 is 2.40 bits per heavy atom. The number of rotatable bonds is 13. The number of nitrogens with one attached hydrogen (secondary N) is 1. The molecule has 0 spiro atoms. The van der Waals surface area contributed by atoms with Gasteiger partial charge >= 0.3 is 5.97 Å². The van der Waals surface area contributed by atoms with Gasteiger partial charge in [0, 0.05) is 34.2 Å². The van der Waals surface area contributed by atoms with Crippen LogP contribution < -0.4 is 24.6 Å². The number of nitrogens with zero attached hydrogens (tertiary/aromatic N) is 2. The van der Waals surface area contributed by atoms with Crippen molar-refractivity contribution < 1.29 is 43.2 Å². The third-order valence-corrected chi connectivity index (χ3v) is 11.2. The predicted molar refractivity (Wildman–Crippen MR) is 183 cm³/mol. The van der Waals surface area contributed by atoms with Crippen LogP contribution in [0.15, 0.2) is 60.9 Å². The fraction of sp³-hybridized carbons (Fsp3) is 0.361. The predicted octanol–water partition coefficient (Wildman–Crippen LogP) is 4.94. The highest BCUT2D eigenvalue weighted by atomic mass is 35.5. The Labute approximate surface area is 302 Å². The number of thiophene rings is 1. The number of hydrogen-bond acceptors (Lipinski definition) is 10. The number of pyridine rings is 1. The Kier molecular flexibility index (Phi) is 11.1. The molecule has 50 heavy (non-hydrogen) atoms. The van der Waals surface area contributed by atoms with Crippen LogP contribution in [0, 0.1) is 11.7 Å². The number of benzene rings is 2. The summed E-state index contributed by atoms with van der Waals surface area (Å²) in [6, 6.07) is 11.8. The Hall–Kier alpha value is -3.94. The summed E-state index contributed by atoms with van der Waals surface area (Å²) in [6.07, 6.45) is 4.40. The molecule has 2 bridgehead atoms. The van der Waals surface area contributed by atoms with Crippen LogP contribution in [0.5, 0.6) is 11.5 Å². The Bertz CT molecular complexity index is 1860. The van der Waals surface area contributed by atoms with Crippen LogP contribution in [0.1, 0.15) is 61.6 Å². The molecule has 3 atom stereocenters. The van der Waals surface area contributed by atoms with E-state index in [0.29, 0.717) is 45.2 Å². The molecule has 2 N–H and O–H groups in total. The van der Waals surface area contributed by atoms with Gasteiger partial charge in [0.1, 0.15) is 28.0 Å². The quantitative estimate of drug-likeness (QED) is 0.111. The molecule has 3 fully saturated rings. The second kappa shape index (κ2) is 15.5. The number of carboxylic acid groups (broad SMARTS) is 1. The lowest BCUT2D eigenvalue weighted by molar-refractivity contribution is -0.904. The topological polar surface area (TPSA) is 124 Å². The van der Waals surface area contributed by atoms with E-state index in [-0.39, 0.29) is 39.9 Å². The molecule has 1 unspecified atom stereocenters. The third kappa shape index (κ3) is 7.84. The first-order valence-corrected chi connectivity index (χ1v) is 17.7. The van der Waals surface area contributed by atoms with Gasteiger partial charge < -0.3 is 24.1 Å². The molecule has 0 aliphatic carbocycles. The first-order chi connectivity index (χ1) is 24.0. The third-order valence-electron chi connectivity index (χ3n) is 9.42. The van der Waals surface area contributed by atoms with Crippen LogP contribution in [0.3, 0.4) is 0 Å². The molecule has 0 amide bonds. The van der Waals surface area contributed by atoms with Crippen molar-refractivity contribution in [3.8, 4) is 11.5 Å². The number of ether oxygens (including phenoxy) is 3. The van der Waals surface area contributed by atoms with Crippen molar-refractivity contribution in [2.24, 2.45) is 5.92 Å². The molecule has 7 rings (SSSR count). The number of halogens is 3. The van der Waals surface area contributed by atoms with Crippen molar-refractivity contribution in [2.75, 3.05) is 33.9 Å². The molecule has 5 heterocycles. The first-order valence-electron chi connectivity index (χ1n) is 16.1. The van der Waals surface area contributed by atoms with E-state index >= 15 is 0 Å². The number of carbonyl (C=O) groups is 2. The van der Waals surface area contributed by atoms with E-state index in [4.69, 9.17) is 37.4 Å². The van der Waals surface area contributed by atoms with Crippen LogP contribution in [-0.4, -0.2) is 62.0 Å². The smallest absolute Gasteiger partial charge is 0.328 e. The second-order valence-electron chi connectivity index (χ2n) is 12.5. The van der Waals surface area contributed by atoms with Crippen molar-refractivity contribution >= 4 is 46.5 Å². The van der Waals surface area contributed by atoms with Crippen molar-refractivity contribution in [3.63, 3.8) is 0 Å². The summed E-state index contributed by atoms with van der Waals surface area (Å²) in [6.45, 7) is 2.71. The van der Waals surface area contributed by atoms with Crippen LogP contribution in [0.2, 0.25) is 10.0 Å². The Balaban J connectivity index is 1.34. The van der Waals surface area contributed by atoms with Crippen molar-refractivity contribution in [3.05, 3.63) is 109 Å². The Morgan fingerprint density at radius 2 is 1.78 bits per heavy atom. The van der Waals surface area contributed by atoms with Crippen LogP contribution in [0.25, 0.3) is 0 Å². The molecule has 3 saturated heterocycles. The van der Waals surface area contributed by atoms with E-state index in [1.54, 1.807) is 30.3 Å². The minimum absolute atomic E-state index is 0.0286. The van der Waals surface area contributed by atoms with Crippen LogP contribution in [0.4, 0.5) is 4.39 Å². The van der Waals surface area contributed by atoms with Gasteiger partial charge in [-0.05, 0) is 85.3 Å². The van der Waals surface area contributed by atoms with E-state index in [0.717, 1.165) is 42.0 Å². The van der Waals surface area contributed by atoms with E-state index in [1.807, 2.05) is 0 Å². The number of hydrogen-bond donors (Lipinski definition) is 2. The summed E-state index contributed by atoms with van der Waals surface area (Å²) in [5.41, 5.74) is 1.97. The molecule has 264 valence electrons. The summed E-state index contributed by atoms with van der Waals surface area (Å²) in [4.78, 5) is 29.2. The fourth-order valence-corrected chi connectivity index (χ4v) is 8.48. The lowest BCUT2D eigenvalue weighted by atomic mass is 9.85. The van der Waals surface area contributed by atoms with E-state index in [2.05, 4.69) is 10.2 Å². The van der Waals surface area contributed by atoms with Gasteiger partial charge in [0.25, 0.3) is 0 Å². The molecule has 2 aromatic carbocycles. The van der Waals surface area contributed by atoms with Gasteiger partial charge in [-0.2, -0.15) is 0 Å². The molecule has 0 radical (unpaired) electrons. The number of piperidine rings is 3. The summed E-state index contributed by atoms with van der Waals surface area (Å²) in [7, 11) is 3.01. The molecule has 4 aromatic rings. The normalized spacial score (nSPS) is 19.5. The first kappa shape index (κ1) is 35.9. The number of esters is 1. The van der Waals surface area contributed by atoms with Gasteiger partial charge in [-0.3, -0.25) is 15.4 Å². The summed E-state index contributed by atoms with van der Waals surface area (Å²) in [5.74, 6) is -1.84. The maximum Gasteiger partial charge on any atom is 0.328 e. The van der Waals surface area contributed by atoms with Crippen LogP contribution in [-0.2, 0) is 22.5 Å². The SMILES string of the molecule is COc1ccc([C@H](Cc2c(Cl)c[n+](O)cc2Cl)c2cc(CNC(C(=O)O[C@H]3CN4CCC3CC4)c3cccc(F)c3)sc2C(=O)[O-])cc1OC. The minimum Gasteiger partial charge on any atom is -0.544 e. The van der Waals surface area contributed by atoms with Gasteiger partial charge in [0.05, 0.1) is 25.1 Å². The summed E-state index contributed by atoms with van der Waals surface area (Å²) in [5, 5.41) is 26.2. The zero-order valence-corrected chi connectivity index (χ0v) is 29.7. The monoisotopic (exact) mass is 743 g/mol. The molecule has 10 nitrogen and oxygen atoms in total. The molecular weight excluding hydrogens is 708 g/mol. The van der Waals surface area contributed by atoms with Gasteiger partial charge in [0.15, 0.2) is 11.5 Å². The van der Waals surface area contributed by atoms with Crippen LogP contribution >= 0.6 is 34.5 Å². The fourth-order valence-electron chi connectivity index (χ4n) is 6.87. The van der Waals surface area contributed by atoms with Crippen molar-refractivity contribution in [2.45, 2.75) is 43.9 Å². The van der Waals surface area contributed by atoms with E-state index < -0.39 is 29.7 Å². The highest BCUT2D eigenvalue weighted by molar-refractivity contribution is 7.14. The number of methoxy groups -OCH3 is 2. The molecule has 2 aromatic heterocycles. The summed E-state index contributed by atoms with van der Waals surface area (Å²) >= 11 is 14.0. The average molecular weight is 745 g/mol. The maximum atomic E-state index is 14.4. The number of carboxylic acids is 1. The van der Waals surface area contributed by atoms with Gasteiger partial charge in [-0.15, -0.1) is 11.3 Å². The Morgan fingerprint density at radius 1 is 1.06 bits per heavy atom. The van der Waals surface area contributed by atoms with Gasteiger partial charge in [-0.1, -0.05) is 41.4 Å². The molecule has 3 aliphatic heterocycles. The maximum absolute atomic E-state index is 14.4. The summed E-state index contributed by atoms with van der Waals surface area (Å²) < 4.78 is 32.1. The molecule has 0 saturated carbocycles. The average Bonchev–Trinajstić information content (AvgIpc) is 3.52. The van der Waals surface area contributed by atoms with E-state index in [1.165, 1.54) is 44.8 Å². The zero-order chi connectivity index (χ0) is 35.5. The standard InChI is InChI=1S/C36H36Cl2FN3O7S/c1-47-30-7-6-21(13-31(30)48-2)25(15-27-28(37)17-42(46)18-29(27)38)26-14-24(50-34(26)35(43)44)16-40-33(22-4-3-5-23(39)12-22)36(45)49-32-19-41-10-8-20(32)9-11-41/h3-7,12-14,17-18,20,25,32-33,40H,8-11,15-16,19H2,1-2H3,(H-,43,44,46)/t25-,32-,33?/m0/s1. The number of aromatic carboxylic acids is 1. The number of carbonyl (C=O) groups excluding carboxylic acids is 2. The second-order valence-corrected chi connectivity index (χ2v) is 14.4. The zero-order valence-electron chi connectivity index (χ0n) is 27.4.